The molecule has 2 aromatic heterocycles. The van der Waals surface area contributed by atoms with E-state index in [1.807, 2.05) is 41.0 Å². The number of benzene rings is 2. The van der Waals surface area contributed by atoms with Crippen molar-refractivity contribution in [2.45, 2.75) is 36.2 Å². The van der Waals surface area contributed by atoms with Crippen LogP contribution >= 0.6 is 11.8 Å². The SMILES string of the molecule is O=C(c1ccc(F)cc1)N1CCCCC(Sc2nnc(-c3ccco3)n2Cc2ccccc2)C1=O. The molecule has 1 unspecified atom stereocenters. The fourth-order valence-corrected chi connectivity index (χ4v) is 5.20. The highest BCUT2D eigenvalue weighted by Crippen LogP contribution is 2.32. The van der Waals surface area contributed by atoms with Gasteiger partial charge in [0, 0.05) is 12.1 Å². The number of carbonyl (C=O) groups excluding carboxylic acids is 2. The number of thioether (sulfide) groups is 1. The van der Waals surface area contributed by atoms with Crippen molar-refractivity contribution in [3.8, 4) is 11.6 Å². The zero-order valence-electron chi connectivity index (χ0n) is 18.8. The number of amides is 2. The maximum Gasteiger partial charge on any atom is 0.260 e. The molecule has 1 atom stereocenters. The van der Waals surface area contributed by atoms with Crippen LogP contribution in [-0.2, 0) is 11.3 Å². The Kier molecular flexibility index (Phi) is 6.76. The minimum atomic E-state index is -0.495. The molecule has 7 nitrogen and oxygen atoms in total. The number of imide groups is 1. The van der Waals surface area contributed by atoms with E-state index in [0.29, 0.717) is 42.7 Å². The Balaban J connectivity index is 1.43. The first-order chi connectivity index (χ1) is 17.1. The normalized spacial score (nSPS) is 16.3. The van der Waals surface area contributed by atoms with E-state index >= 15 is 0 Å². The van der Waals surface area contributed by atoms with Crippen LogP contribution in [0, 0.1) is 5.82 Å². The Bertz CT molecular complexity index is 1310. The number of rotatable bonds is 6. The Labute approximate surface area is 206 Å². The van der Waals surface area contributed by atoms with E-state index in [0.717, 1.165) is 12.0 Å². The van der Waals surface area contributed by atoms with Crippen molar-refractivity contribution in [2.24, 2.45) is 0 Å². The van der Waals surface area contributed by atoms with Crippen molar-refractivity contribution in [3.63, 3.8) is 0 Å². The lowest BCUT2D eigenvalue weighted by Crippen LogP contribution is -2.41. The molecule has 2 amide bonds. The molecule has 5 rings (SSSR count). The average molecular weight is 491 g/mol. The van der Waals surface area contributed by atoms with Gasteiger partial charge in [-0.25, -0.2) is 4.39 Å². The molecular weight excluding hydrogens is 467 g/mol. The summed E-state index contributed by atoms with van der Waals surface area (Å²) in [6.45, 7) is 0.839. The van der Waals surface area contributed by atoms with Crippen molar-refractivity contribution >= 4 is 23.6 Å². The van der Waals surface area contributed by atoms with Crippen molar-refractivity contribution < 1.29 is 18.4 Å². The molecule has 9 heteroatoms. The zero-order valence-corrected chi connectivity index (χ0v) is 19.7. The average Bonchev–Trinajstić information content (AvgIpc) is 3.50. The largest absolute Gasteiger partial charge is 0.461 e. The smallest absolute Gasteiger partial charge is 0.260 e. The molecule has 0 aliphatic carbocycles. The van der Waals surface area contributed by atoms with Gasteiger partial charge in [-0.1, -0.05) is 48.5 Å². The van der Waals surface area contributed by atoms with Crippen molar-refractivity contribution in [1.82, 2.24) is 19.7 Å². The van der Waals surface area contributed by atoms with Gasteiger partial charge in [0.05, 0.1) is 18.1 Å². The summed E-state index contributed by atoms with van der Waals surface area (Å²) in [5.74, 6) is 0.0460. The quantitative estimate of drug-likeness (QED) is 0.352. The lowest BCUT2D eigenvalue weighted by Gasteiger charge is -2.22. The molecule has 1 fully saturated rings. The van der Waals surface area contributed by atoms with Crippen molar-refractivity contribution in [2.75, 3.05) is 6.54 Å². The Morgan fingerprint density at radius 3 is 2.57 bits per heavy atom. The summed E-state index contributed by atoms with van der Waals surface area (Å²) >= 11 is 1.31. The first-order valence-corrected chi connectivity index (χ1v) is 12.3. The third kappa shape index (κ3) is 5.05. The topological polar surface area (TPSA) is 81.2 Å². The first kappa shape index (κ1) is 23.0. The van der Waals surface area contributed by atoms with E-state index in [2.05, 4.69) is 10.2 Å². The van der Waals surface area contributed by atoms with E-state index in [4.69, 9.17) is 4.42 Å². The first-order valence-electron chi connectivity index (χ1n) is 11.4. The number of likely N-dealkylation sites (tertiary alicyclic amines) is 1. The Morgan fingerprint density at radius 2 is 1.83 bits per heavy atom. The summed E-state index contributed by atoms with van der Waals surface area (Å²) in [4.78, 5) is 27.8. The molecule has 0 saturated carbocycles. The summed E-state index contributed by atoms with van der Waals surface area (Å²) in [6, 6.07) is 18.8. The van der Waals surface area contributed by atoms with Crippen LogP contribution in [0.3, 0.4) is 0 Å². The zero-order chi connectivity index (χ0) is 24.2. The fourth-order valence-electron chi connectivity index (χ4n) is 4.07. The number of aromatic nitrogens is 3. The molecule has 2 aromatic carbocycles. The standard InChI is InChI=1S/C26H23FN4O3S/c27-20-13-11-19(12-14-20)24(32)30-15-5-4-10-22(25(30)33)35-26-29-28-23(21-9-6-16-34-21)31(26)17-18-7-2-1-3-8-18/h1-3,6-9,11-14,16,22H,4-5,10,15,17H2. The van der Waals surface area contributed by atoms with E-state index in [-0.39, 0.29) is 11.5 Å². The lowest BCUT2D eigenvalue weighted by molar-refractivity contribution is -0.127. The summed E-state index contributed by atoms with van der Waals surface area (Å²) in [7, 11) is 0. The molecule has 0 bridgehead atoms. The van der Waals surface area contributed by atoms with Crippen molar-refractivity contribution in [3.05, 3.63) is 89.9 Å². The maximum atomic E-state index is 13.5. The van der Waals surface area contributed by atoms with Gasteiger partial charge in [-0.05, 0) is 54.8 Å². The number of carbonyl (C=O) groups is 2. The van der Waals surface area contributed by atoms with Gasteiger partial charge >= 0.3 is 0 Å². The molecule has 1 saturated heterocycles. The summed E-state index contributed by atoms with van der Waals surface area (Å²) < 4.78 is 20.8. The molecule has 1 aliphatic rings. The molecular formula is C26H23FN4O3S. The van der Waals surface area contributed by atoms with Crippen LogP contribution < -0.4 is 0 Å². The van der Waals surface area contributed by atoms with Crippen LogP contribution in [0.1, 0.15) is 35.2 Å². The van der Waals surface area contributed by atoms with E-state index in [9.17, 15) is 14.0 Å². The third-order valence-electron chi connectivity index (χ3n) is 5.87. The minimum absolute atomic E-state index is 0.268. The monoisotopic (exact) mass is 490 g/mol. The predicted octanol–water partition coefficient (Wildman–Crippen LogP) is 5.04. The van der Waals surface area contributed by atoms with Gasteiger partial charge in [-0.15, -0.1) is 10.2 Å². The van der Waals surface area contributed by atoms with Crippen LogP contribution in [-0.4, -0.2) is 43.3 Å². The van der Waals surface area contributed by atoms with Gasteiger partial charge in [0.1, 0.15) is 5.82 Å². The van der Waals surface area contributed by atoms with E-state index < -0.39 is 17.0 Å². The number of nitrogens with zero attached hydrogens (tertiary/aromatic N) is 4. The predicted molar refractivity (Wildman–Crippen MR) is 129 cm³/mol. The van der Waals surface area contributed by atoms with Crippen molar-refractivity contribution in [1.29, 1.82) is 0 Å². The lowest BCUT2D eigenvalue weighted by atomic mass is 10.2. The molecule has 0 N–H and O–H groups in total. The van der Waals surface area contributed by atoms with Gasteiger partial charge in [-0.2, -0.15) is 0 Å². The molecule has 35 heavy (non-hydrogen) atoms. The van der Waals surface area contributed by atoms with Gasteiger partial charge in [0.15, 0.2) is 10.9 Å². The van der Waals surface area contributed by atoms with E-state index in [1.54, 1.807) is 12.3 Å². The van der Waals surface area contributed by atoms with Crippen LogP contribution in [0.5, 0.6) is 0 Å². The number of furan rings is 1. The third-order valence-corrected chi connectivity index (χ3v) is 7.10. The summed E-state index contributed by atoms with van der Waals surface area (Å²) in [5.41, 5.74) is 1.35. The Hall–Kier alpha value is -3.72. The minimum Gasteiger partial charge on any atom is -0.461 e. The Morgan fingerprint density at radius 1 is 1.03 bits per heavy atom. The molecule has 3 heterocycles. The highest BCUT2D eigenvalue weighted by molar-refractivity contribution is 8.00. The highest BCUT2D eigenvalue weighted by atomic mass is 32.2. The fraction of sp³-hybridized carbons (Fsp3) is 0.231. The van der Waals surface area contributed by atoms with Crippen LogP contribution in [0.2, 0.25) is 0 Å². The van der Waals surface area contributed by atoms with E-state index in [1.165, 1.54) is 40.9 Å². The van der Waals surface area contributed by atoms with Crippen LogP contribution in [0.4, 0.5) is 4.39 Å². The molecule has 178 valence electrons. The number of hydrogen-bond acceptors (Lipinski definition) is 6. The maximum absolute atomic E-state index is 13.5. The number of halogens is 1. The van der Waals surface area contributed by atoms with Gasteiger partial charge in [0.25, 0.3) is 5.91 Å². The molecule has 0 spiro atoms. The second-order valence-corrected chi connectivity index (χ2v) is 9.43. The summed E-state index contributed by atoms with van der Waals surface area (Å²) in [5, 5.41) is 8.82. The van der Waals surface area contributed by atoms with Gasteiger partial charge in [-0.3, -0.25) is 19.1 Å². The summed E-state index contributed by atoms with van der Waals surface area (Å²) in [6.07, 6.45) is 3.71. The van der Waals surface area contributed by atoms with Crippen LogP contribution in [0.15, 0.2) is 82.6 Å². The van der Waals surface area contributed by atoms with Gasteiger partial charge < -0.3 is 4.42 Å². The number of hydrogen-bond donors (Lipinski definition) is 0. The molecule has 4 aromatic rings. The second-order valence-electron chi connectivity index (χ2n) is 8.26. The molecule has 1 aliphatic heterocycles. The van der Waals surface area contributed by atoms with Gasteiger partial charge in [0.2, 0.25) is 11.7 Å². The highest BCUT2D eigenvalue weighted by Gasteiger charge is 2.34. The second kappa shape index (κ2) is 10.3. The molecule has 0 radical (unpaired) electrons. The van der Waals surface area contributed by atoms with Crippen LogP contribution in [0.25, 0.3) is 11.6 Å².